The van der Waals surface area contributed by atoms with E-state index in [1.165, 1.54) is 6.07 Å². The summed E-state index contributed by atoms with van der Waals surface area (Å²) in [6.45, 7) is 2.47. The molecule has 3 heterocycles. The molecule has 1 saturated carbocycles. The molecule has 2 amide bonds. The fraction of sp³-hybridized carbons (Fsp3) is 0.682. The summed E-state index contributed by atoms with van der Waals surface area (Å²) in [5.41, 5.74) is -0.676. The van der Waals surface area contributed by atoms with E-state index in [1.54, 1.807) is 0 Å². The first-order valence-corrected chi connectivity index (χ1v) is 12.8. The molecule has 2 spiro atoms. The van der Waals surface area contributed by atoms with Crippen LogP contribution in [0.2, 0.25) is 0 Å². The molecule has 176 valence electrons. The van der Waals surface area contributed by atoms with Gasteiger partial charge in [-0.05, 0) is 61.8 Å². The van der Waals surface area contributed by atoms with Crippen LogP contribution in [0.3, 0.4) is 0 Å². The summed E-state index contributed by atoms with van der Waals surface area (Å²) in [4.78, 5) is 16.4. The van der Waals surface area contributed by atoms with Gasteiger partial charge in [0.05, 0.1) is 17.1 Å². The second kappa shape index (κ2) is 7.08. The lowest BCUT2D eigenvalue weighted by atomic mass is 9.56. The van der Waals surface area contributed by atoms with E-state index < -0.39 is 27.4 Å². The van der Waals surface area contributed by atoms with Gasteiger partial charge in [-0.3, -0.25) is 0 Å². The van der Waals surface area contributed by atoms with Gasteiger partial charge in [0.2, 0.25) is 0 Å². The summed E-state index contributed by atoms with van der Waals surface area (Å²) in [7, 11) is -2.88. The highest BCUT2D eigenvalue weighted by Crippen LogP contribution is 2.53. The first-order chi connectivity index (χ1) is 14.9. The number of likely N-dealkylation sites (tertiary alicyclic amines) is 2. The van der Waals surface area contributed by atoms with Gasteiger partial charge in [-0.1, -0.05) is 0 Å². The number of rotatable bonds is 2. The van der Waals surface area contributed by atoms with Crippen LogP contribution < -0.4 is 0 Å². The van der Waals surface area contributed by atoms with Gasteiger partial charge in [0, 0.05) is 37.0 Å². The standard InChI is InChI=1S/C22H26F4N2O3S/c23-18-7-15(6-17(8-18)22(24,25)26)5-16-9-21(10-16)11-28(12-21)19(29)27-3-1-20(2-4-27)13-32(30,31)14-20/h6-8,16H,1-5,9-14H2. The molecule has 5 nitrogen and oxygen atoms in total. The molecule has 0 N–H and O–H groups in total. The Hall–Kier alpha value is -1.84. The van der Waals surface area contributed by atoms with Gasteiger partial charge in [-0.15, -0.1) is 0 Å². The number of amides is 2. The van der Waals surface area contributed by atoms with Crippen molar-refractivity contribution in [2.75, 3.05) is 37.7 Å². The zero-order valence-corrected chi connectivity index (χ0v) is 18.4. The average molecular weight is 475 g/mol. The number of carbonyl (C=O) groups is 1. The van der Waals surface area contributed by atoms with Crippen molar-refractivity contribution < 1.29 is 30.8 Å². The minimum absolute atomic E-state index is 0.00365. The van der Waals surface area contributed by atoms with E-state index >= 15 is 0 Å². The second-order valence-corrected chi connectivity index (χ2v) is 12.5. The summed E-state index contributed by atoms with van der Waals surface area (Å²) < 4.78 is 75.4. The molecular formula is C22H26F4N2O3S. The molecule has 1 aliphatic carbocycles. The molecule has 0 unspecified atom stereocenters. The smallest absolute Gasteiger partial charge is 0.325 e. The van der Waals surface area contributed by atoms with Crippen molar-refractivity contribution in [1.29, 1.82) is 0 Å². The van der Waals surface area contributed by atoms with Crippen molar-refractivity contribution in [2.45, 2.75) is 38.3 Å². The number of alkyl halides is 3. The molecule has 4 aliphatic rings. The lowest BCUT2D eigenvalue weighted by molar-refractivity contribution is -0.137. The Morgan fingerprint density at radius 2 is 1.62 bits per heavy atom. The Bertz CT molecular complexity index is 1020. The zero-order valence-electron chi connectivity index (χ0n) is 17.6. The topological polar surface area (TPSA) is 57.7 Å². The summed E-state index contributed by atoms with van der Waals surface area (Å²) in [6.07, 6.45) is -1.04. The van der Waals surface area contributed by atoms with Gasteiger partial charge >= 0.3 is 12.2 Å². The van der Waals surface area contributed by atoms with Crippen LogP contribution >= 0.6 is 0 Å². The number of hydrogen-bond donors (Lipinski definition) is 0. The largest absolute Gasteiger partial charge is 0.416 e. The Labute approximate surface area is 184 Å². The number of benzene rings is 1. The second-order valence-electron chi connectivity index (χ2n) is 10.5. The highest BCUT2D eigenvalue weighted by Gasteiger charge is 2.55. The number of hydrogen-bond acceptors (Lipinski definition) is 3. The highest BCUT2D eigenvalue weighted by molar-refractivity contribution is 7.92. The van der Waals surface area contributed by atoms with Gasteiger partial charge < -0.3 is 9.80 Å². The predicted octanol–water partition coefficient (Wildman–Crippen LogP) is 3.73. The van der Waals surface area contributed by atoms with Crippen LogP contribution in [-0.4, -0.2) is 61.9 Å². The third-order valence-electron chi connectivity index (χ3n) is 7.72. The number of nitrogens with zero attached hydrogens (tertiary/aromatic N) is 2. The van der Waals surface area contributed by atoms with Crippen molar-refractivity contribution in [1.82, 2.24) is 9.80 Å². The summed E-state index contributed by atoms with van der Waals surface area (Å²) >= 11 is 0. The lowest BCUT2D eigenvalue weighted by Crippen LogP contribution is -2.67. The van der Waals surface area contributed by atoms with E-state index in [1.807, 2.05) is 9.80 Å². The molecule has 0 radical (unpaired) electrons. The quantitative estimate of drug-likeness (QED) is 0.614. The van der Waals surface area contributed by atoms with Crippen molar-refractivity contribution in [3.05, 3.63) is 35.1 Å². The normalized spacial score (nSPS) is 25.9. The summed E-state index contributed by atoms with van der Waals surface area (Å²) in [5, 5.41) is 0. The van der Waals surface area contributed by atoms with Crippen molar-refractivity contribution in [2.24, 2.45) is 16.7 Å². The van der Waals surface area contributed by atoms with E-state index in [2.05, 4.69) is 0 Å². The first-order valence-electron chi connectivity index (χ1n) is 11.0. The molecule has 1 aromatic carbocycles. The Morgan fingerprint density at radius 3 is 2.19 bits per heavy atom. The molecule has 3 aliphatic heterocycles. The maximum absolute atomic E-state index is 13.6. The monoisotopic (exact) mass is 474 g/mol. The molecular weight excluding hydrogens is 448 g/mol. The highest BCUT2D eigenvalue weighted by atomic mass is 32.2. The number of halogens is 4. The van der Waals surface area contributed by atoms with Crippen LogP contribution in [0.25, 0.3) is 0 Å². The average Bonchev–Trinajstić information content (AvgIpc) is 2.60. The number of piperidine rings is 1. The van der Waals surface area contributed by atoms with Gasteiger partial charge in [0.1, 0.15) is 5.82 Å². The molecule has 4 fully saturated rings. The van der Waals surface area contributed by atoms with Crippen LogP contribution in [0.1, 0.15) is 36.8 Å². The maximum atomic E-state index is 13.6. The predicted molar refractivity (Wildman–Crippen MR) is 109 cm³/mol. The van der Waals surface area contributed by atoms with E-state index in [9.17, 15) is 30.8 Å². The minimum atomic E-state index is -4.56. The van der Waals surface area contributed by atoms with E-state index in [0.717, 1.165) is 31.7 Å². The van der Waals surface area contributed by atoms with Crippen LogP contribution in [0, 0.1) is 22.6 Å². The zero-order chi connectivity index (χ0) is 22.9. The molecule has 0 aromatic heterocycles. The SMILES string of the molecule is O=C(N1CCC2(CC1)CS(=O)(=O)C2)N1CC2(CC(Cc3cc(F)cc(C(F)(F)F)c3)C2)C1. The number of sulfone groups is 1. The summed E-state index contributed by atoms with van der Waals surface area (Å²) in [5.74, 6) is -0.185. The van der Waals surface area contributed by atoms with Crippen molar-refractivity contribution in [3.8, 4) is 0 Å². The molecule has 10 heteroatoms. The third kappa shape index (κ3) is 3.99. The van der Waals surface area contributed by atoms with Crippen LogP contribution in [0.5, 0.6) is 0 Å². The Balaban J connectivity index is 1.09. The molecule has 3 saturated heterocycles. The first kappa shape index (κ1) is 22.0. The van der Waals surface area contributed by atoms with Crippen LogP contribution in [-0.2, 0) is 22.4 Å². The van der Waals surface area contributed by atoms with E-state index in [-0.39, 0.29) is 34.3 Å². The number of carbonyl (C=O) groups excluding carboxylic acids is 1. The Kier molecular flexibility index (Phi) is 4.86. The fourth-order valence-electron chi connectivity index (χ4n) is 6.28. The van der Waals surface area contributed by atoms with Gasteiger partial charge in [-0.2, -0.15) is 13.2 Å². The van der Waals surface area contributed by atoms with Gasteiger partial charge in [0.25, 0.3) is 0 Å². The molecule has 1 aromatic rings. The minimum Gasteiger partial charge on any atom is -0.325 e. The fourth-order valence-corrected chi connectivity index (χ4v) is 8.64. The van der Waals surface area contributed by atoms with Crippen LogP contribution in [0.15, 0.2) is 18.2 Å². The maximum Gasteiger partial charge on any atom is 0.416 e. The molecule has 32 heavy (non-hydrogen) atoms. The molecule has 5 rings (SSSR count). The lowest BCUT2D eigenvalue weighted by Gasteiger charge is -2.60. The molecule has 0 atom stereocenters. The van der Waals surface area contributed by atoms with E-state index in [0.29, 0.717) is 44.2 Å². The third-order valence-corrected chi connectivity index (χ3v) is 9.83. The van der Waals surface area contributed by atoms with Crippen LogP contribution in [0.4, 0.5) is 22.4 Å². The van der Waals surface area contributed by atoms with Gasteiger partial charge in [-0.25, -0.2) is 17.6 Å². The summed E-state index contributed by atoms with van der Waals surface area (Å²) in [6, 6.07) is 2.72. The van der Waals surface area contributed by atoms with Crippen molar-refractivity contribution >= 4 is 15.9 Å². The molecule has 0 bridgehead atoms. The van der Waals surface area contributed by atoms with E-state index in [4.69, 9.17) is 0 Å². The Morgan fingerprint density at radius 1 is 1.00 bits per heavy atom. The number of urea groups is 1. The van der Waals surface area contributed by atoms with Gasteiger partial charge in [0.15, 0.2) is 9.84 Å². The van der Waals surface area contributed by atoms with Crippen molar-refractivity contribution in [3.63, 3.8) is 0 Å².